The Kier molecular flexibility index (Phi) is 5.42. The van der Waals surface area contributed by atoms with Crippen LogP contribution in [-0.2, 0) is 4.74 Å². The van der Waals surface area contributed by atoms with Crippen molar-refractivity contribution in [2.75, 3.05) is 18.5 Å². The Hall–Kier alpha value is -2.65. The van der Waals surface area contributed by atoms with Crippen LogP contribution in [-0.4, -0.2) is 40.8 Å². The zero-order chi connectivity index (χ0) is 20.4. The molecule has 1 aliphatic rings. The van der Waals surface area contributed by atoms with Crippen molar-refractivity contribution in [1.29, 1.82) is 0 Å². The van der Waals surface area contributed by atoms with E-state index in [1.807, 2.05) is 0 Å². The quantitative estimate of drug-likeness (QED) is 0.632. The number of hydrogen-bond donors (Lipinski definition) is 1. The number of nitrogens with zero attached hydrogens (tertiary/aromatic N) is 3. The normalized spacial score (nSPS) is 16.9. The second-order valence-corrected chi connectivity index (χ2v) is 6.96. The first-order chi connectivity index (χ1) is 13.9. The Morgan fingerprint density at radius 1 is 1.21 bits per heavy atom. The molecule has 29 heavy (non-hydrogen) atoms. The van der Waals surface area contributed by atoms with E-state index in [0.717, 1.165) is 25.5 Å². The number of hydrogen-bond acceptors (Lipinski definition) is 6. The van der Waals surface area contributed by atoms with E-state index in [1.54, 1.807) is 12.3 Å². The lowest BCUT2D eigenvalue weighted by atomic mass is 10.1. The highest BCUT2D eigenvalue weighted by Crippen LogP contribution is 2.38. The molecule has 0 aliphatic carbocycles. The maximum Gasteiger partial charge on any atom is 0.573 e. The van der Waals surface area contributed by atoms with Gasteiger partial charge in [-0.3, -0.25) is 4.98 Å². The van der Waals surface area contributed by atoms with E-state index in [0.29, 0.717) is 23.1 Å². The third kappa shape index (κ3) is 4.51. The molecule has 152 valence electrons. The summed E-state index contributed by atoms with van der Waals surface area (Å²) in [6.07, 6.45) is 0.317. The molecule has 3 heterocycles. The minimum atomic E-state index is -4.87. The van der Waals surface area contributed by atoms with Crippen molar-refractivity contribution < 1.29 is 22.6 Å². The van der Waals surface area contributed by atoms with Crippen molar-refractivity contribution in [3.05, 3.63) is 41.7 Å². The minimum Gasteiger partial charge on any atom is -0.405 e. The van der Waals surface area contributed by atoms with E-state index in [4.69, 9.17) is 16.3 Å². The van der Waals surface area contributed by atoms with Crippen LogP contribution >= 0.6 is 11.6 Å². The summed E-state index contributed by atoms with van der Waals surface area (Å²) in [7, 11) is 0. The molecule has 1 N–H and O–H groups in total. The molecule has 2 aromatic heterocycles. The molecule has 1 saturated heterocycles. The molecule has 4 rings (SSSR count). The highest BCUT2D eigenvalue weighted by molar-refractivity contribution is 6.30. The molecule has 1 aliphatic heterocycles. The van der Waals surface area contributed by atoms with Gasteiger partial charge in [0.2, 0.25) is 0 Å². The number of ether oxygens (including phenoxy) is 2. The fourth-order valence-corrected chi connectivity index (χ4v) is 3.41. The predicted octanol–water partition coefficient (Wildman–Crippen LogP) is 4.83. The second-order valence-electron chi connectivity index (χ2n) is 6.52. The number of halogens is 4. The van der Waals surface area contributed by atoms with Gasteiger partial charge < -0.3 is 14.8 Å². The second kappa shape index (κ2) is 8.00. The number of fused-ring (bicyclic) bond motifs is 1. The molecule has 0 amide bonds. The van der Waals surface area contributed by atoms with E-state index < -0.39 is 12.1 Å². The van der Waals surface area contributed by atoms with Crippen LogP contribution in [0.25, 0.3) is 22.0 Å². The maximum absolute atomic E-state index is 12.9. The van der Waals surface area contributed by atoms with Gasteiger partial charge in [0, 0.05) is 46.9 Å². The lowest BCUT2D eigenvalue weighted by Gasteiger charge is -2.16. The SMILES string of the molecule is FC(F)(F)Oc1cc(Cl)ccc1-c1nnc(NCC2CCCO2)c2cnccc12. The highest BCUT2D eigenvalue weighted by Gasteiger charge is 2.33. The number of alkyl halides is 3. The van der Waals surface area contributed by atoms with E-state index in [-0.39, 0.29) is 22.4 Å². The summed E-state index contributed by atoms with van der Waals surface area (Å²) in [5, 5.41) is 12.9. The number of anilines is 1. The molecule has 3 aromatic rings. The molecule has 1 aromatic carbocycles. The van der Waals surface area contributed by atoms with E-state index in [9.17, 15) is 13.2 Å². The standard InChI is InChI=1S/C19H16ClF3N4O2/c20-11-3-4-14(16(8-11)29-19(21,22)23)17-13-5-6-24-10-15(13)18(27-26-17)25-9-12-2-1-7-28-12/h3-6,8,10,12H,1-2,7,9H2,(H,25,27). The number of benzene rings is 1. The van der Waals surface area contributed by atoms with E-state index >= 15 is 0 Å². The van der Waals surface area contributed by atoms with E-state index in [1.165, 1.54) is 18.3 Å². The van der Waals surface area contributed by atoms with Crippen molar-refractivity contribution in [3.8, 4) is 17.0 Å². The van der Waals surface area contributed by atoms with Gasteiger partial charge in [-0.25, -0.2) is 0 Å². The van der Waals surface area contributed by atoms with E-state index in [2.05, 4.69) is 25.2 Å². The first kappa shape index (κ1) is 19.7. The van der Waals surface area contributed by atoms with Crippen molar-refractivity contribution in [2.45, 2.75) is 25.3 Å². The smallest absolute Gasteiger partial charge is 0.405 e. The average Bonchev–Trinajstić information content (AvgIpc) is 3.19. The van der Waals surface area contributed by atoms with Gasteiger partial charge in [-0.1, -0.05) is 11.6 Å². The van der Waals surface area contributed by atoms with Crippen molar-refractivity contribution in [3.63, 3.8) is 0 Å². The van der Waals surface area contributed by atoms with Crippen molar-refractivity contribution in [2.24, 2.45) is 0 Å². The maximum atomic E-state index is 12.9. The molecule has 0 bridgehead atoms. The lowest BCUT2D eigenvalue weighted by molar-refractivity contribution is -0.274. The van der Waals surface area contributed by atoms with Crippen molar-refractivity contribution >= 4 is 28.2 Å². The Morgan fingerprint density at radius 3 is 2.83 bits per heavy atom. The lowest BCUT2D eigenvalue weighted by Crippen LogP contribution is -2.19. The predicted molar refractivity (Wildman–Crippen MR) is 102 cm³/mol. The Balaban J connectivity index is 1.75. The average molecular weight is 425 g/mol. The van der Waals surface area contributed by atoms with Crippen LogP contribution in [0.15, 0.2) is 36.7 Å². The number of nitrogens with one attached hydrogen (secondary N) is 1. The summed E-state index contributed by atoms with van der Waals surface area (Å²) in [6.45, 7) is 1.29. The fourth-order valence-electron chi connectivity index (χ4n) is 3.24. The Bertz CT molecular complexity index is 1030. The van der Waals surface area contributed by atoms with Gasteiger partial charge in [-0.2, -0.15) is 0 Å². The zero-order valence-electron chi connectivity index (χ0n) is 15.0. The molecule has 1 unspecified atom stereocenters. The molecule has 10 heteroatoms. The first-order valence-electron chi connectivity index (χ1n) is 8.92. The van der Waals surface area contributed by atoms with Gasteiger partial charge in [0.25, 0.3) is 0 Å². The number of rotatable bonds is 5. The van der Waals surface area contributed by atoms with Gasteiger partial charge in [-0.05, 0) is 37.1 Å². The topological polar surface area (TPSA) is 69.2 Å². The number of pyridine rings is 1. The van der Waals surface area contributed by atoms with Crippen LogP contribution in [0.4, 0.5) is 19.0 Å². The molecular weight excluding hydrogens is 409 g/mol. The van der Waals surface area contributed by atoms with Crippen molar-refractivity contribution in [1.82, 2.24) is 15.2 Å². The molecule has 1 atom stereocenters. The fraction of sp³-hybridized carbons (Fsp3) is 0.316. The van der Waals surface area contributed by atoms with Crippen LogP contribution in [0.2, 0.25) is 5.02 Å². The molecule has 6 nitrogen and oxygen atoms in total. The minimum absolute atomic E-state index is 0.0891. The van der Waals surface area contributed by atoms with Crippen LogP contribution in [0, 0.1) is 0 Å². The van der Waals surface area contributed by atoms with Gasteiger partial charge in [-0.15, -0.1) is 23.4 Å². The molecular formula is C19H16ClF3N4O2. The summed E-state index contributed by atoms with van der Waals surface area (Å²) in [5.41, 5.74) is 0.363. The van der Waals surface area contributed by atoms with Gasteiger partial charge in [0.1, 0.15) is 11.4 Å². The summed E-state index contributed by atoms with van der Waals surface area (Å²) in [6, 6.07) is 5.66. The summed E-state index contributed by atoms with van der Waals surface area (Å²) < 4.78 is 48.3. The molecule has 0 spiro atoms. The van der Waals surface area contributed by atoms with Gasteiger partial charge >= 0.3 is 6.36 Å². The third-order valence-electron chi connectivity index (χ3n) is 4.53. The van der Waals surface area contributed by atoms with Crippen LogP contribution in [0.1, 0.15) is 12.8 Å². The summed E-state index contributed by atoms with van der Waals surface area (Å²) in [4.78, 5) is 4.11. The molecule has 0 radical (unpaired) electrons. The zero-order valence-corrected chi connectivity index (χ0v) is 15.8. The monoisotopic (exact) mass is 424 g/mol. The van der Waals surface area contributed by atoms with Crippen LogP contribution < -0.4 is 10.1 Å². The summed E-state index contributed by atoms with van der Waals surface area (Å²) in [5.74, 6) is 0.0390. The van der Waals surface area contributed by atoms with Gasteiger partial charge in [0.15, 0.2) is 5.82 Å². The van der Waals surface area contributed by atoms with Crippen LogP contribution in [0.3, 0.4) is 0 Å². The van der Waals surface area contributed by atoms with Gasteiger partial charge in [0.05, 0.1) is 6.10 Å². The Labute approximate surface area is 169 Å². The Morgan fingerprint density at radius 2 is 2.07 bits per heavy atom. The van der Waals surface area contributed by atoms with Crippen LogP contribution in [0.5, 0.6) is 5.75 Å². The molecule has 0 saturated carbocycles. The number of aromatic nitrogens is 3. The first-order valence-corrected chi connectivity index (χ1v) is 9.30. The highest BCUT2D eigenvalue weighted by atomic mass is 35.5. The largest absolute Gasteiger partial charge is 0.573 e. The third-order valence-corrected chi connectivity index (χ3v) is 4.76. The molecule has 1 fully saturated rings. The summed E-state index contributed by atoms with van der Waals surface area (Å²) >= 11 is 5.86.